The summed E-state index contributed by atoms with van der Waals surface area (Å²) in [7, 11) is 7.06. The summed E-state index contributed by atoms with van der Waals surface area (Å²) in [5, 5.41) is 0. The van der Waals surface area contributed by atoms with Crippen LogP contribution in [0.3, 0.4) is 0 Å². The summed E-state index contributed by atoms with van der Waals surface area (Å²) < 4.78 is 4.43. The molecule has 2 aliphatic rings. The van der Waals surface area contributed by atoms with Gasteiger partial charge < -0.3 is 0 Å². The number of allylic oxidation sites excluding steroid dienone is 8. The Labute approximate surface area is 100 Å². The molecule has 0 aromatic heterocycles. The van der Waals surface area contributed by atoms with Crippen LogP contribution in [0.15, 0.2) is 43.1 Å². The molecule has 2 aliphatic carbocycles. The van der Waals surface area contributed by atoms with E-state index in [1.54, 1.807) is 6.66 Å². The van der Waals surface area contributed by atoms with Crippen LogP contribution in [-0.2, 0) is 18.8 Å². The summed E-state index contributed by atoms with van der Waals surface area (Å²) in [6, 6.07) is 0. The predicted molar refractivity (Wildman–Crippen MR) is 64.6 cm³/mol. The molecule has 0 N–H and O–H groups in total. The first-order valence-electron chi connectivity index (χ1n) is 5.68. The number of hydrogen-bond donors (Lipinski definition) is 0. The molecule has 0 aliphatic heterocycles. The first kappa shape index (κ1) is 11.6. The Balaban J connectivity index is 2.23. The van der Waals surface area contributed by atoms with E-state index in [0.717, 1.165) is 12.8 Å². The van der Waals surface area contributed by atoms with E-state index in [1.165, 1.54) is 10.6 Å². The van der Waals surface area contributed by atoms with Gasteiger partial charge in [-0.3, -0.25) is 0 Å². The predicted octanol–water partition coefficient (Wildman–Crippen LogP) is 4.81. The molecule has 2 heteroatoms. The average molecular weight is 387 g/mol. The van der Waals surface area contributed by atoms with Gasteiger partial charge in [-0.25, -0.2) is 0 Å². The van der Waals surface area contributed by atoms with Crippen molar-refractivity contribution < 1.29 is 18.8 Å². The second-order valence-electron chi connectivity index (χ2n) is 4.20. The number of rotatable bonds is 4. The molecule has 15 heavy (non-hydrogen) atoms. The Kier molecular flexibility index (Phi) is 3.84. The van der Waals surface area contributed by atoms with E-state index in [-0.39, 0.29) is 0 Å². The van der Waals surface area contributed by atoms with Gasteiger partial charge in [0.15, 0.2) is 0 Å². The maximum absolute atomic E-state index is 7.06. The zero-order valence-electron chi connectivity index (χ0n) is 9.17. The molecular formula is C13H17ClHf. The Morgan fingerprint density at radius 1 is 1.13 bits per heavy atom. The number of hydrogen-bond acceptors (Lipinski definition) is 0. The minimum absolute atomic E-state index is 1.11. The number of halogens is 1. The van der Waals surface area contributed by atoms with Crippen LogP contribution >= 0.6 is 8.58 Å². The summed E-state index contributed by atoms with van der Waals surface area (Å²) >= 11 is -2.77. The van der Waals surface area contributed by atoms with E-state index >= 15 is 0 Å². The molecule has 80 valence electrons. The Hall–Kier alpha value is 0.120. The molecule has 0 unspecified atom stereocenters. The van der Waals surface area contributed by atoms with Crippen molar-refractivity contribution in [3.8, 4) is 0 Å². The van der Waals surface area contributed by atoms with Gasteiger partial charge >= 0.3 is 101 Å². The fraction of sp³-hybridized carbons (Fsp3) is 0.385. The van der Waals surface area contributed by atoms with Gasteiger partial charge in [0.05, 0.1) is 0 Å². The van der Waals surface area contributed by atoms with Gasteiger partial charge in [-0.2, -0.15) is 0 Å². The molecule has 0 amide bonds. The average Bonchev–Trinajstić information content (AvgIpc) is 2.92. The van der Waals surface area contributed by atoms with Crippen molar-refractivity contribution in [1.82, 2.24) is 0 Å². The fourth-order valence-corrected chi connectivity index (χ4v) is 18.2. The molecule has 2 rings (SSSR count). The van der Waals surface area contributed by atoms with Gasteiger partial charge in [-0.15, -0.1) is 0 Å². The van der Waals surface area contributed by atoms with E-state index in [4.69, 9.17) is 8.58 Å². The molecule has 0 heterocycles. The monoisotopic (exact) mass is 388 g/mol. The molecule has 0 radical (unpaired) electrons. The van der Waals surface area contributed by atoms with Gasteiger partial charge in [-0.05, 0) is 0 Å². The summed E-state index contributed by atoms with van der Waals surface area (Å²) in [6.45, 7) is 2.25. The summed E-state index contributed by atoms with van der Waals surface area (Å²) in [6.07, 6.45) is 16.8. The zero-order valence-corrected chi connectivity index (χ0v) is 13.5. The zero-order chi connectivity index (χ0) is 10.7. The van der Waals surface area contributed by atoms with E-state index in [9.17, 15) is 0 Å². The minimum atomic E-state index is -2.77. The van der Waals surface area contributed by atoms with Crippen LogP contribution in [0.4, 0.5) is 0 Å². The third-order valence-electron chi connectivity index (χ3n) is 3.15. The molecule has 0 aromatic carbocycles. The third kappa shape index (κ3) is 2.29. The standard InChI is InChI=1S/2C5H5.C3H7.ClH.Hf/c2*1-2-4-5-3-1;1-3-2;;/h2*1-3H,4H2;1,3H2,2H3;1H;/q;;;;+1/p-1. The van der Waals surface area contributed by atoms with Crippen LogP contribution in [0, 0.1) is 0 Å². The molecule has 0 bridgehead atoms. The molecule has 0 fully saturated rings. The first-order chi connectivity index (χ1) is 7.27. The summed E-state index contributed by atoms with van der Waals surface area (Å²) in [5.74, 6) is 0. The van der Waals surface area contributed by atoms with Crippen molar-refractivity contribution in [2.75, 3.05) is 0 Å². The van der Waals surface area contributed by atoms with Crippen LogP contribution < -0.4 is 0 Å². The second kappa shape index (κ2) is 4.97. The van der Waals surface area contributed by atoms with E-state index in [0.29, 0.717) is 0 Å². The van der Waals surface area contributed by atoms with Crippen molar-refractivity contribution in [2.24, 2.45) is 0 Å². The fourth-order valence-electron chi connectivity index (χ4n) is 2.35. The van der Waals surface area contributed by atoms with Gasteiger partial charge in [-0.1, -0.05) is 0 Å². The van der Waals surface area contributed by atoms with Crippen LogP contribution in [-0.4, -0.2) is 0 Å². The Morgan fingerprint density at radius 3 is 2.00 bits per heavy atom. The maximum atomic E-state index is 7.06. The molecule has 0 spiro atoms. The first-order valence-corrected chi connectivity index (χ1v) is 16.3. The van der Waals surface area contributed by atoms with Crippen LogP contribution in [0.2, 0.25) is 4.18 Å². The van der Waals surface area contributed by atoms with Gasteiger partial charge in [0, 0.05) is 0 Å². The molecule has 0 nitrogen and oxygen atoms in total. The third-order valence-corrected chi connectivity index (χ3v) is 22.9. The summed E-state index contributed by atoms with van der Waals surface area (Å²) in [4.78, 5) is 0. The SMILES string of the molecule is CC[CH2][Hf]([Cl])([C]1=CC=CC1)[C]1=CC=CC1. The van der Waals surface area contributed by atoms with Crippen molar-refractivity contribution in [2.45, 2.75) is 30.4 Å². The summed E-state index contributed by atoms with van der Waals surface area (Å²) in [5.41, 5.74) is 0. The van der Waals surface area contributed by atoms with Crippen LogP contribution in [0.1, 0.15) is 26.2 Å². The van der Waals surface area contributed by atoms with Gasteiger partial charge in [0.1, 0.15) is 0 Å². The van der Waals surface area contributed by atoms with E-state index in [2.05, 4.69) is 43.4 Å². The van der Waals surface area contributed by atoms with Crippen molar-refractivity contribution >= 4 is 8.58 Å². The molecular weight excluding hydrogens is 370 g/mol. The van der Waals surface area contributed by atoms with Crippen molar-refractivity contribution in [3.63, 3.8) is 0 Å². The topological polar surface area (TPSA) is 0 Å². The quantitative estimate of drug-likeness (QED) is 0.608. The van der Waals surface area contributed by atoms with Crippen molar-refractivity contribution in [3.05, 3.63) is 43.1 Å². The normalized spacial score (nSPS) is 19.6. The van der Waals surface area contributed by atoms with Gasteiger partial charge in [0.2, 0.25) is 0 Å². The van der Waals surface area contributed by atoms with E-state index in [1.807, 2.05) is 0 Å². The second-order valence-corrected chi connectivity index (χ2v) is 21.6. The molecule has 0 atom stereocenters. The van der Waals surface area contributed by atoms with Crippen LogP contribution in [0.25, 0.3) is 0 Å². The molecule has 0 aromatic rings. The van der Waals surface area contributed by atoms with E-state index < -0.39 is 18.8 Å². The van der Waals surface area contributed by atoms with Gasteiger partial charge in [0.25, 0.3) is 0 Å². The van der Waals surface area contributed by atoms with Crippen LogP contribution in [0.5, 0.6) is 0 Å². The molecule has 0 saturated heterocycles. The Bertz CT molecular complexity index is 331. The molecule has 0 saturated carbocycles. The Morgan fingerprint density at radius 2 is 1.67 bits per heavy atom. The van der Waals surface area contributed by atoms with Crippen molar-refractivity contribution in [1.29, 1.82) is 0 Å².